The van der Waals surface area contributed by atoms with Gasteiger partial charge in [0.15, 0.2) is 0 Å². The van der Waals surface area contributed by atoms with Gasteiger partial charge in [0.2, 0.25) is 22.9 Å². The Bertz CT molecular complexity index is 613. The molecule has 0 atom stereocenters. The molecule has 1 aromatic rings. The number of carbonyl (C=O) groups excluding carboxylic acids is 3. The van der Waals surface area contributed by atoms with Gasteiger partial charge < -0.3 is 15.5 Å². The zero-order valence-electron chi connectivity index (χ0n) is 12.7. The van der Waals surface area contributed by atoms with E-state index < -0.39 is 0 Å². The van der Waals surface area contributed by atoms with Crippen LogP contribution in [0.25, 0.3) is 0 Å². The van der Waals surface area contributed by atoms with Crippen molar-refractivity contribution in [1.82, 2.24) is 20.4 Å². The summed E-state index contributed by atoms with van der Waals surface area (Å²) in [6, 6.07) is 0. The van der Waals surface area contributed by atoms with Crippen LogP contribution in [0.4, 0.5) is 5.13 Å². The molecule has 124 valence electrons. The quantitative estimate of drug-likeness (QED) is 0.786. The highest BCUT2D eigenvalue weighted by molar-refractivity contribution is 7.15. The highest BCUT2D eigenvalue weighted by atomic mass is 32.1. The molecule has 1 aliphatic heterocycles. The average molecular weight is 337 g/mol. The minimum absolute atomic E-state index is 0.0837. The van der Waals surface area contributed by atoms with E-state index in [-0.39, 0.29) is 37.1 Å². The van der Waals surface area contributed by atoms with E-state index in [1.807, 2.05) is 0 Å². The maximum atomic E-state index is 12.0. The maximum absolute atomic E-state index is 12.0. The summed E-state index contributed by atoms with van der Waals surface area (Å²) in [5.74, 6) is 0.148. The number of amides is 3. The second kappa shape index (κ2) is 7.03. The van der Waals surface area contributed by atoms with Gasteiger partial charge >= 0.3 is 0 Å². The van der Waals surface area contributed by atoms with E-state index in [2.05, 4.69) is 20.8 Å². The second-order valence-electron chi connectivity index (χ2n) is 5.79. The number of nitrogens with zero attached hydrogens (tertiary/aromatic N) is 3. The summed E-state index contributed by atoms with van der Waals surface area (Å²) >= 11 is 1.42. The first-order valence-corrected chi connectivity index (χ1v) is 8.61. The normalized spacial score (nSPS) is 17.7. The summed E-state index contributed by atoms with van der Waals surface area (Å²) < 4.78 is 0. The van der Waals surface area contributed by atoms with Gasteiger partial charge in [-0.25, -0.2) is 0 Å². The summed E-state index contributed by atoms with van der Waals surface area (Å²) in [6.45, 7) is 1.14. The fraction of sp³-hybridized carbons (Fsp3) is 0.643. The molecule has 8 nitrogen and oxygen atoms in total. The van der Waals surface area contributed by atoms with Gasteiger partial charge in [0, 0.05) is 31.8 Å². The Hall–Kier alpha value is -2.03. The van der Waals surface area contributed by atoms with Crippen molar-refractivity contribution < 1.29 is 14.4 Å². The molecule has 23 heavy (non-hydrogen) atoms. The van der Waals surface area contributed by atoms with E-state index in [4.69, 9.17) is 0 Å². The number of piperazine rings is 1. The standard InChI is InChI=1S/C14H19N5O3S/c20-10(16-14-18-17-13(23-14)9-4-5-9)2-1-3-12(22)19-7-6-15-11(21)8-19/h9H,1-8H2,(H,15,21)(H,16,18,20). The van der Waals surface area contributed by atoms with Gasteiger partial charge in [0.05, 0.1) is 6.54 Å². The third-order valence-corrected chi connectivity index (χ3v) is 4.80. The Balaban J connectivity index is 1.36. The summed E-state index contributed by atoms with van der Waals surface area (Å²) in [5.41, 5.74) is 0. The first-order chi connectivity index (χ1) is 11.1. The Morgan fingerprint density at radius 1 is 1.30 bits per heavy atom. The van der Waals surface area contributed by atoms with Crippen LogP contribution in [0.3, 0.4) is 0 Å². The number of carbonyl (C=O) groups is 3. The largest absolute Gasteiger partial charge is 0.353 e. The van der Waals surface area contributed by atoms with E-state index in [0.29, 0.717) is 30.6 Å². The molecule has 0 aromatic carbocycles. The molecule has 0 unspecified atom stereocenters. The number of aromatic nitrogens is 2. The molecule has 2 heterocycles. The van der Waals surface area contributed by atoms with Crippen LogP contribution in [-0.4, -0.2) is 52.5 Å². The van der Waals surface area contributed by atoms with Crippen LogP contribution >= 0.6 is 11.3 Å². The SMILES string of the molecule is O=C1CN(C(=O)CCCC(=O)Nc2nnc(C3CC3)s2)CCN1. The lowest BCUT2D eigenvalue weighted by Gasteiger charge is -2.26. The molecule has 2 fully saturated rings. The van der Waals surface area contributed by atoms with E-state index in [1.165, 1.54) is 16.2 Å². The van der Waals surface area contributed by atoms with E-state index in [1.54, 1.807) is 0 Å². The third kappa shape index (κ3) is 4.47. The van der Waals surface area contributed by atoms with Crippen LogP contribution in [0.2, 0.25) is 0 Å². The Labute approximate surface area is 137 Å². The number of hydrogen-bond acceptors (Lipinski definition) is 6. The first kappa shape index (κ1) is 15.9. The molecule has 0 bridgehead atoms. The monoisotopic (exact) mass is 337 g/mol. The number of rotatable bonds is 6. The van der Waals surface area contributed by atoms with E-state index in [0.717, 1.165) is 17.8 Å². The van der Waals surface area contributed by atoms with Crippen molar-refractivity contribution in [3.8, 4) is 0 Å². The molecule has 1 saturated heterocycles. The molecule has 2 N–H and O–H groups in total. The van der Waals surface area contributed by atoms with Gasteiger partial charge in [0.25, 0.3) is 0 Å². The van der Waals surface area contributed by atoms with E-state index >= 15 is 0 Å². The minimum atomic E-state index is -0.160. The summed E-state index contributed by atoms with van der Waals surface area (Å²) in [7, 11) is 0. The molecule has 3 rings (SSSR count). The molecule has 3 amide bonds. The molecule has 1 saturated carbocycles. The van der Waals surface area contributed by atoms with Gasteiger partial charge in [-0.05, 0) is 19.3 Å². The Morgan fingerprint density at radius 3 is 2.87 bits per heavy atom. The van der Waals surface area contributed by atoms with Gasteiger partial charge in [-0.3, -0.25) is 14.4 Å². The van der Waals surface area contributed by atoms with Crippen molar-refractivity contribution in [2.45, 2.75) is 38.0 Å². The second-order valence-corrected chi connectivity index (χ2v) is 6.80. The molecule has 0 radical (unpaired) electrons. The van der Waals surface area contributed by atoms with Crippen LogP contribution < -0.4 is 10.6 Å². The minimum Gasteiger partial charge on any atom is -0.353 e. The fourth-order valence-electron chi connectivity index (χ4n) is 2.37. The number of anilines is 1. The van der Waals surface area contributed by atoms with Crippen molar-refractivity contribution in [3.05, 3.63) is 5.01 Å². The molecule has 9 heteroatoms. The average Bonchev–Trinajstić information content (AvgIpc) is 3.27. The van der Waals surface area contributed by atoms with Gasteiger partial charge in [0.1, 0.15) is 5.01 Å². The lowest BCUT2D eigenvalue weighted by molar-refractivity contribution is -0.138. The van der Waals surface area contributed by atoms with Crippen LogP contribution in [0.15, 0.2) is 0 Å². The van der Waals surface area contributed by atoms with Crippen molar-refractivity contribution in [3.63, 3.8) is 0 Å². The van der Waals surface area contributed by atoms with Crippen LogP contribution in [0.5, 0.6) is 0 Å². The molecule has 1 aromatic heterocycles. The highest BCUT2D eigenvalue weighted by Gasteiger charge is 2.27. The van der Waals surface area contributed by atoms with Crippen molar-refractivity contribution >= 4 is 34.2 Å². The van der Waals surface area contributed by atoms with Crippen molar-refractivity contribution in [2.24, 2.45) is 0 Å². The predicted molar refractivity (Wildman–Crippen MR) is 84.0 cm³/mol. The third-order valence-electron chi connectivity index (χ3n) is 3.80. The lowest BCUT2D eigenvalue weighted by atomic mass is 10.2. The van der Waals surface area contributed by atoms with Crippen LogP contribution in [0.1, 0.15) is 43.0 Å². The Morgan fingerprint density at radius 2 is 2.13 bits per heavy atom. The lowest BCUT2D eigenvalue weighted by Crippen LogP contribution is -2.49. The number of hydrogen-bond donors (Lipinski definition) is 2. The summed E-state index contributed by atoms with van der Waals surface area (Å²) in [6.07, 6.45) is 3.28. The van der Waals surface area contributed by atoms with Gasteiger partial charge in [-0.2, -0.15) is 0 Å². The van der Waals surface area contributed by atoms with Crippen LogP contribution in [-0.2, 0) is 14.4 Å². The molecular formula is C14H19N5O3S. The van der Waals surface area contributed by atoms with E-state index in [9.17, 15) is 14.4 Å². The molecule has 2 aliphatic rings. The predicted octanol–water partition coefficient (Wildman–Crippen LogP) is 0.483. The first-order valence-electron chi connectivity index (χ1n) is 7.79. The molecule has 0 spiro atoms. The summed E-state index contributed by atoms with van der Waals surface area (Å²) in [4.78, 5) is 36.6. The topological polar surface area (TPSA) is 104 Å². The zero-order valence-corrected chi connectivity index (χ0v) is 13.5. The molecule has 1 aliphatic carbocycles. The number of nitrogens with one attached hydrogen (secondary N) is 2. The summed E-state index contributed by atoms with van der Waals surface area (Å²) in [5, 5.41) is 14.9. The Kier molecular flexibility index (Phi) is 4.85. The van der Waals surface area contributed by atoms with Crippen molar-refractivity contribution in [1.29, 1.82) is 0 Å². The zero-order chi connectivity index (χ0) is 16.2. The van der Waals surface area contributed by atoms with Gasteiger partial charge in [-0.15, -0.1) is 10.2 Å². The van der Waals surface area contributed by atoms with Crippen LogP contribution in [0, 0.1) is 0 Å². The van der Waals surface area contributed by atoms with Crippen molar-refractivity contribution in [2.75, 3.05) is 25.0 Å². The smallest absolute Gasteiger partial charge is 0.239 e. The fourth-order valence-corrected chi connectivity index (χ4v) is 3.30. The highest BCUT2D eigenvalue weighted by Crippen LogP contribution is 2.42. The maximum Gasteiger partial charge on any atom is 0.239 e. The molecular weight excluding hydrogens is 318 g/mol. The van der Waals surface area contributed by atoms with Gasteiger partial charge in [-0.1, -0.05) is 11.3 Å².